The summed E-state index contributed by atoms with van der Waals surface area (Å²) >= 11 is 5.77. The van der Waals surface area contributed by atoms with Crippen LogP contribution in [0.2, 0.25) is 0 Å². The lowest BCUT2D eigenvalue weighted by molar-refractivity contribution is -0.125. The third kappa shape index (κ3) is 4.53. The van der Waals surface area contributed by atoms with Gasteiger partial charge in [-0.3, -0.25) is 4.79 Å². The SMILES string of the molecule is O=C(COCCc1ccc2sccc2c1)NCCS. The molecule has 0 radical (unpaired) electrons. The van der Waals surface area contributed by atoms with E-state index in [1.807, 2.05) is 0 Å². The lowest BCUT2D eigenvalue weighted by atomic mass is 10.1. The molecule has 0 bridgehead atoms. The maximum atomic E-state index is 11.3. The van der Waals surface area contributed by atoms with Crippen LogP contribution >= 0.6 is 24.0 Å². The number of thiol groups is 1. The molecule has 1 N–H and O–H groups in total. The number of hydrogen-bond donors (Lipinski definition) is 2. The van der Waals surface area contributed by atoms with Crippen LogP contribution in [0.25, 0.3) is 10.1 Å². The first-order valence-corrected chi connectivity index (χ1v) is 7.72. The van der Waals surface area contributed by atoms with Crippen molar-refractivity contribution in [3.8, 4) is 0 Å². The number of carbonyl (C=O) groups is 1. The van der Waals surface area contributed by atoms with Crippen molar-refractivity contribution in [1.82, 2.24) is 5.32 Å². The van der Waals surface area contributed by atoms with Crippen molar-refractivity contribution in [2.24, 2.45) is 0 Å². The van der Waals surface area contributed by atoms with Crippen LogP contribution < -0.4 is 5.32 Å². The van der Waals surface area contributed by atoms with Gasteiger partial charge in [-0.25, -0.2) is 0 Å². The monoisotopic (exact) mass is 295 g/mol. The summed E-state index contributed by atoms with van der Waals surface area (Å²) in [5.41, 5.74) is 1.24. The molecule has 0 aliphatic rings. The highest BCUT2D eigenvalue weighted by atomic mass is 32.1. The minimum Gasteiger partial charge on any atom is -0.371 e. The number of nitrogens with one attached hydrogen (secondary N) is 1. The number of hydrogen-bond acceptors (Lipinski definition) is 4. The first-order valence-electron chi connectivity index (χ1n) is 6.21. The minimum atomic E-state index is -0.0812. The van der Waals surface area contributed by atoms with Gasteiger partial charge >= 0.3 is 0 Å². The average Bonchev–Trinajstić information content (AvgIpc) is 2.88. The summed E-state index contributed by atoms with van der Waals surface area (Å²) in [5.74, 6) is 0.564. The number of fused-ring (bicyclic) bond motifs is 1. The van der Waals surface area contributed by atoms with E-state index in [9.17, 15) is 4.79 Å². The molecule has 5 heteroatoms. The summed E-state index contributed by atoms with van der Waals surface area (Å²) in [6.07, 6.45) is 0.825. The molecule has 2 aromatic rings. The van der Waals surface area contributed by atoms with E-state index in [1.165, 1.54) is 15.6 Å². The molecule has 3 nitrogen and oxygen atoms in total. The second kappa shape index (κ2) is 7.53. The highest BCUT2D eigenvalue weighted by Crippen LogP contribution is 2.21. The standard InChI is InChI=1S/C14H17NO2S2/c16-14(15-5-7-18)10-17-6-3-11-1-2-13-12(9-11)4-8-19-13/h1-2,4,8-9,18H,3,5-7,10H2,(H,15,16). The number of rotatable bonds is 7. The van der Waals surface area contributed by atoms with Gasteiger partial charge in [0.05, 0.1) is 6.61 Å². The summed E-state index contributed by atoms with van der Waals surface area (Å²) < 4.78 is 6.66. The van der Waals surface area contributed by atoms with Gasteiger partial charge in [0.2, 0.25) is 5.91 Å². The zero-order valence-electron chi connectivity index (χ0n) is 10.6. The molecule has 0 spiro atoms. The van der Waals surface area contributed by atoms with Crippen molar-refractivity contribution >= 4 is 40.0 Å². The predicted octanol–water partition coefficient (Wildman–Crippen LogP) is 2.51. The van der Waals surface area contributed by atoms with Crippen LogP contribution in [0.4, 0.5) is 0 Å². The zero-order chi connectivity index (χ0) is 13.5. The largest absolute Gasteiger partial charge is 0.371 e. The lowest BCUT2D eigenvalue weighted by Gasteiger charge is -2.05. The van der Waals surface area contributed by atoms with Crippen molar-refractivity contribution in [2.45, 2.75) is 6.42 Å². The first kappa shape index (κ1) is 14.4. The molecule has 1 aromatic carbocycles. The Bertz CT molecular complexity index is 539. The van der Waals surface area contributed by atoms with Crippen molar-refractivity contribution < 1.29 is 9.53 Å². The quantitative estimate of drug-likeness (QED) is 0.608. The molecule has 0 aliphatic heterocycles. The molecule has 0 fully saturated rings. The van der Waals surface area contributed by atoms with E-state index in [0.717, 1.165) is 6.42 Å². The molecule has 102 valence electrons. The topological polar surface area (TPSA) is 38.3 Å². The molecule has 19 heavy (non-hydrogen) atoms. The van der Waals surface area contributed by atoms with Crippen LogP contribution in [0.1, 0.15) is 5.56 Å². The van der Waals surface area contributed by atoms with Crippen molar-refractivity contribution in [2.75, 3.05) is 25.5 Å². The molecule has 0 saturated carbocycles. The van der Waals surface area contributed by atoms with Crippen LogP contribution in [0.3, 0.4) is 0 Å². The summed E-state index contributed by atoms with van der Waals surface area (Å²) in [4.78, 5) is 11.3. The van der Waals surface area contributed by atoms with Crippen LogP contribution in [0.5, 0.6) is 0 Å². The molecular weight excluding hydrogens is 278 g/mol. The van der Waals surface area contributed by atoms with E-state index in [0.29, 0.717) is 18.9 Å². The Balaban J connectivity index is 1.72. The fourth-order valence-corrected chi connectivity index (χ4v) is 2.66. The molecular formula is C14H17NO2S2. The number of benzene rings is 1. The maximum Gasteiger partial charge on any atom is 0.246 e. The van der Waals surface area contributed by atoms with Crippen molar-refractivity contribution in [1.29, 1.82) is 0 Å². The second-order valence-corrected chi connectivity index (χ2v) is 5.56. The molecule has 1 heterocycles. The highest BCUT2D eigenvalue weighted by molar-refractivity contribution is 7.80. The minimum absolute atomic E-state index is 0.0812. The Labute approximate surface area is 122 Å². The smallest absolute Gasteiger partial charge is 0.246 e. The lowest BCUT2D eigenvalue weighted by Crippen LogP contribution is -2.29. The van der Waals surface area contributed by atoms with E-state index in [2.05, 4.69) is 47.6 Å². The third-order valence-corrected chi connectivity index (χ3v) is 3.84. The van der Waals surface area contributed by atoms with E-state index >= 15 is 0 Å². The van der Waals surface area contributed by atoms with Gasteiger partial charge in [-0.15, -0.1) is 11.3 Å². The Morgan fingerprint density at radius 1 is 1.37 bits per heavy atom. The van der Waals surface area contributed by atoms with Gasteiger partial charge in [0.15, 0.2) is 0 Å². The summed E-state index contributed by atoms with van der Waals surface area (Å²) in [6, 6.07) is 8.54. The number of amides is 1. The van der Waals surface area contributed by atoms with Gasteiger partial charge in [0, 0.05) is 17.0 Å². The molecule has 1 aromatic heterocycles. The Hall–Kier alpha value is -1.04. The van der Waals surface area contributed by atoms with Gasteiger partial charge < -0.3 is 10.1 Å². The van der Waals surface area contributed by atoms with E-state index < -0.39 is 0 Å². The maximum absolute atomic E-state index is 11.3. The van der Waals surface area contributed by atoms with E-state index in [-0.39, 0.29) is 12.5 Å². The van der Waals surface area contributed by atoms with Crippen LogP contribution in [0.15, 0.2) is 29.6 Å². The third-order valence-electron chi connectivity index (χ3n) is 2.72. The molecule has 2 rings (SSSR count). The molecule has 0 atom stereocenters. The Morgan fingerprint density at radius 3 is 3.11 bits per heavy atom. The van der Waals surface area contributed by atoms with Crippen molar-refractivity contribution in [3.05, 3.63) is 35.2 Å². The van der Waals surface area contributed by atoms with Gasteiger partial charge in [-0.2, -0.15) is 12.6 Å². The van der Waals surface area contributed by atoms with Gasteiger partial charge in [0.1, 0.15) is 6.61 Å². The van der Waals surface area contributed by atoms with E-state index in [1.54, 1.807) is 11.3 Å². The highest BCUT2D eigenvalue weighted by Gasteiger charge is 2.01. The van der Waals surface area contributed by atoms with Gasteiger partial charge in [0.25, 0.3) is 0 Å². The van der Waals surface area contributed by atoms with Crippen LogP contribution in [-0.2, 0) is 16.0 Å². The Kier molecular flexibility index (Phi) is 5.69. The fraction of sp³-hybridized carbons (Fsp3) is 0.357. The predicted molar refractivity (Wildman–Crippen MR) is 83.2 cm³/mol. The van der Waals surface area contributed by atoms with Gasteiger partial charge in [-0.1, -0.05) is 12.1 Å². The normalized spacial score (nSPS) is 10.8. The van der Waals surface area contributed by atoms with Crippen LogP contribution in [0, 0.1) is 0 Å². The molecule has 0 unspecified atom stereocenters. The summed E-state index contributed by atoms with van der Waals surface area (Å²) in [5, 5.41) is 6.08. The number of ether oxygens (including phenoxy) is 1. The molecule has 0 aliphatic carbocycles. The van der Waals surface area contributed by atoms with Crippen molar-refractivity contribution in [3.63, 3.8) is 0 Å². The molecule has 1 amide bonds. The number of carbonyl (C=O) groups excluding carboxylic acids is 1. The summed E-state index contributed by atoms with van der Waals surface area (Å²) in [7, 11) is 0. The Morgan fingerprint density at radius 2 is 2.26 bits per heavy atom. The van der Waals surface area contributed by atoms with E-state index in [4.69, 9.17) is 4.74 Å². The van der Waals surface area contributed by atoms with Crippen LogP contribution in [-0.4, -0.2) is 31.4 Å². The van der Waals surface area contributed by atoms with Gasteiger partial charge in [-0.05, 0) is 34.9 Å². The average molecular weight is 295 g/mol. The fourth-order valence-electron chi connectivity index (χ4n) is 1.77. The summed E-state index contributed by atoms with van der Waals surface area (Å²) in [6.45, 7) is 1.26. The number of thiophene rings is 1. The molecule has 0 saturated heterocycles. The second-order valence-electron chi connectivity index (χ2n) is 4.17. The zero-order valence-corrected chi connectivity index (χ0v) is 12.3. The first-order chi connectivity index (χ1) is 9.29.